The van der Waals surface area contributed by atoms with Crippen molar-refractivity contribution in [3.8, 4) is 0 Å². The van der Waals surface area contributed by atoms with Crippen LogP contribution in [0.25, 0.3) is 0 Å². The molecule has 0 heterocycles. The Morgan fingerprint density at radius 1 is 0.548 bits per heavy atom. The summed E-state index contributed by atoms with van der Waals surface area (Å²) < 4.78 is 5.89. The lowest BCUT2D eigenvalue weighted by Crippen LogP contribution is -2.16. The summed E-state index contributed by atoms with van der Waals surface area (Å²) in [6, 6.07) is 0. The number of aliphatic carboxylic acids is 1. The molecule has 0 bridgehead atoms. The monoisotopic (exact) mass is 591 g/mol. The first-order chi connectivity index (χ1) is 20.6. The Morgan fingerprint density at radius 2 is 1.00 bits per heavy atom. The van der Waals surface area contributed by atoms with Gasteiger partial charge in [0.25, 0.3) is 0 Å². The maximum atomic E-state index is 12.6. The number of ether oxygens (including phenoxy) is 1. The lowest BCUT2D eigenvalue weighted by atomic mass is 10.0. The van der Waals surface area contributed by atoms with Crippen LogP contribution in [0.3, 0.4) is 0 Å². The highest BCUT2D eigenvalue weighted by Crippen LogP contribution is 2.16. The van der Waals surface area contributed by atoms with Crippen molar-refractivity contribution in [3.05, 3.63) is 24.3 Å². The minimum atomic E-state index is -0.702. The standard InChI is InChI=1S/C38H70O4/c1-3-5-7-9-11-13-14-15-16-17-19-21-27-31-35-38(41)42-36(32-28-24-20-18-12-10-8-6-4-2)33-29-25-22-23-26-30-34-37(39)40/h18,20,28,32,36H,3-17,19,21-27,29-31,33-35H2,1-2H3,(H,39,40)/b20-18-,32-28-. The first-order valence-electron chi connectivity index (χ1n) is 18.3. The van der Waals surface area contributed by atoms with Gasteiger partial charge in [-0.15, -0.1) is 0 Å². The number of carbonyl (C=O) groups excluding carboxylic acids is 1. The summed E-state index contributed by atoms with van der Waals surface area (Å²) in [4.78, 5) is 23.2. The van der Waals surface area contributed by atoms with Crippen LogP contribution in [0.4, 0.5) is 0 Å². The third-order valence-corrected chi connectivity index (χ3v) is 8.16. The van der Waals surface area contributed by atoms with Gasteiger partial charge in [-0.3, -0.25) is 9.59 Å². The van der Waals surface area contributed by atoms with E-state index in [0.717, 1.165) is 70.6 Å². The Labute approximate surface area is 261 Å². The zero-order chi connectivity index (χ0) is 30.8. The van der Waals surface area contributed by atoms with Crippen LogP contribution in [0, 0.1) is 0 Å². The van der Waals surface area contributed by atoms with Gasteiger partial charge in [0, 0.05) is 12.8 Å². The van der Waals surface area contributed by atoms with Crippen LogP contribution in [0.2, 0.25) is 0 Å². The number of unbranched alkanes of at least 4 members (excludes halogenated alkanes) is 22. The molecule has 0 saturated heterocycles. The summed E-state index contributed by atoms with van der Waals surface area (Å²) in [5.74, 6) is -0.754. The first-order valence-corrected chi connectivity index (χ1v) is 18.3. The Morgan fingerprint density at radius 3 is 1.52 bits per heavy atom. The minimum Gasteiger partial charge on any atom is -0.481 e. The molecule has 0 aromatic heterocycles. The lowest BCUT2D eigenvalue weighted by Gasteiger charge is -2.14. The van der Waals surface area contributed by atoms with Gasteiger partial charge >= 0.3 is 11.9 Å². The van der Waals surface area contributed by atoms with Gasteiger partial charge in [-0.05, 0) is 51.0 Å². The van der Waals surface area contributed by atoms with Crippen LogP contribution in [-0.2, 0) is 14.3 Å². The Balaban J connectivity index is 4.10. The van der Waals surface area contributed by atoms with E-state index >= 15 is 0 Å². The smallest absolute Gasteiger partial charge is 0.306 e. The molecule has 0 radical (unpaired) electrons. The molecule has 0 aliphatic carbocycles. The SMILES string of the molecule is CCCCCC/C=C\C/C=C\C(CCCCCCCCC(=O)O)OC(=O)CCCCCCCCCCCCCCCC. The lowest BCUT2D eigenvalue weighted by molar-refractivity contribution is -0.147. The van der Waals surface area contributed by atoms with Gasteiger partial charge < -0.3 is 9.84 Å². The van der Waals surface area contributed by atoms with Crippen molar-refractivity contribution in [1.82, 2.24) is 0 Å². The molecule has 0 amide bonds. The molecular formula is C38H70O4. The number of carbonyl (C=O) groups is 2. The van der Waals surface area contributed by atoms with E-state index in [9.17, 15) is 9.59 Å². The number of esters is 1. The number of hydrogen-bond acceptors (Lipinski definition) is 3. The van der Waals surface area contributed by atoms with Crippen molar-refractivity contribution in [2.24, 2.45) is 0 Å². The van der Waals surface area contributed by atoms with Crippen LogP contribution in [0.1, 0.15) is 200 Å². The zero-order valence-corrected chi connectivity index (χ0v) is 28.1. The summed E-state index contributed by atoms with van der Waals surface area (Å²) >= 11 is 0. The largest absolute Gasteiger partial charge is 0.481 e. The van der Waals surface area contributed by atoms with Crippen molar-refractivity contribution < 1.29 is 19.4 Å². The molecule has 0 rings (SSSR count). The first kappa shape index (κ1) is 40.4. The fourth-order valence-electron chi connectivity index (χ4n) is 5.43. The Hall–Kier alpha value is -1.58. The van der Waals surface area contributed by atoms with Crippen LogP contribution >= 0.6 is 0 Å². The predicted molar refractivity (Wildman–Crippen MR) is 181 cm³/mol. The molecule has 0 saturated carbocycles. The number of allylic oxidation sites excluding steroid dienone is 3. The maximum Gasteiger partial charge on any atom is 0.306 e. The van der Waals surface area contributed by atoms with E-state index < -0.39 is 5.97 Å². The normalized spacial score (nSPS) is 12.4. The second-order valence-electron chi connectivity index (χ2n) is 12.4. The number of hydrogen-bond donors (Lipinski definition) is 1. The van der Waals surface area contributed by atoms with Gasteiger partial charge in [-0.2, -0.15) is 0 Å². The van der Waals surface area contributed by atoms with Gasteiger partial charge in [-0.1, -0.05) is 160 Å². The molecule has 1 unspecified atom stereocenters. The number of rotatable bonds is 33. The Kier molecular flexibility index (Phi) is 32.6. The Bertz CT molecular complexity index is 639. The number of carboxylic acid groups (broad SMARTS) is 1. The molecule has 0 aliphatic rings. The van der Waals surface area contributed by atoms with Gasteiger partial charge in [0.2, 0.25) is 0 Å². The predicted octanol–water partition coefficient (Wildman–Crippen LogP) is 12.4. The summed E-state index contributed by atoms with van der Waals surface area (Å²) in [7, 11) is 0. The van der Waals surface area contributed by atoms with Gasteiger partial charge in [0.15, 0.2) is 0 Å². The second kappa shape index (κ2) is 33.9. The molecule has 246 valence electrons. The molecule has 1 atom stereocenters. The third kappa shape index (κ3) is 32.9. The maximum absolute atomic E-state index is 12.6. The molecular weight excluding hydrogens is 520 g/mol. The van der Waals surface area contributed by atoms with E-state index in [4.69, 9.17) is 9.84 Å². The van der Waals surface area contributed by atoms with Crippen LogP contribution < -0.4 is 0 Å². The van der Waals surface area contributed by atoms with Crippen molar-refractivity contribution in [2.75, 3.05) is 0 Å². The molecule has 0 fully saturated rings. The van der Waals surface area contributed by atoms with E-state index in [1.54, 1.807) is 0 Å². The topological polar surface area (TPSA) is 63.6 Å². The average molecular weight is 591 g/mol. The highest BCUT2D eigenvalue weighted by atomic mass is 16.5. The third-order valence-electron chi connectivity index (χ3n) is 8.16. The summed E-state index contributed by atoms with van der Waals surface area (Å²) in [6.07, 6.45) is 42.0. The van der Waals surface area contributed by atoms with Crippen LogP contribution in [-0.4, -0.2) is 23.1 Å². The van der Waals surface area contributed by atoms with Crippen molar-refractivity contribution in [1.29, 1.82) is 0 Å². The highest BCUT2D eigenvalue weighted by Gasteiger charge is 2.11. The van der Waals surface area contributed by atoms with Gasteiger partial charge in [0.05, 0.1) is 0 Å². The van der Waals surface area contributed by atoms with E-state index in [1.165, 1.54) is 103 Å². The molecule has 1 N–H and O–H groups in total. The van der Waals surface area contributed by atoms with E-state index in [-0.39, 0.29) is 18.5 Å². The summed E-state index contributed by atoms with van der Waals surface area (Å²) in [6.45, 7) is 4.52. The molecule has 0 aromatic carbocycles. The van der Waals surface area contributed by atoms with Crippen LogP contribution in [0.15, 0.2) is 24.3 Å². The second-order valence-corrected chi connectivity index (χ2v) is 12.4. The molecule has 0 aliphatic heterocycles. The fourth-order valence-corrected chi connectivity index (χ4v) is 5.43. The average Bonchev–Trinajstić information content (AvgIpc) is 2.97. The number of carboxylic acids is 1. The van der Waals surface area contributed by atoms with Crippen molar-refractivity contribution in [2.45, 2.75) is 206 Å². The minimum absolute atomic E-state index is 0.0521. The summed E-state index contributed by atoms with van der Waals surface area (Å²) in [5, 5.41) is 8.76. The van der Waals surface area contributed by atoms with E-state index in [0.29, 0.717) is 6.42 Å². The van der Waals surface area contributed by atoms with E-state index in [1.807, 2.05) is 0 Å². The quantitative estimate of drug-likeness (QED) is 0.0469. The molecule has 4 nitrogen and oxygen atoms in total. The van der Waals surface area contributed by atoms with Gasteiger partial charge in [-0.25, -0.2) is 0 Å². The molecule has 0 aromatic rings. The van der Waals surface area contributed by atoms with Crippen molar-refractivity contribution >= 4 is 11.9 Å². The summed E-state index contributed by atoms with van der Waals surface area (Å²) in [5.41, 5.74) is 0. The zero-order valence-electron chi connectivity index (χ0n) is 28.1. The van der Waals surface area contributed by atoms with Crippen LogP contribution in [0.5, 0.6) is 0 Å². The molecule has 42 heavy (non-hydrogen) atoms. The highest BCUT2D eigenvalue weighted by molar-refractivity contribution is 5.69. The molecule has 0 spiro atoms. The fraction of sp³-hybridized carbons (Fsp3) is 0.842. The molecule has 4 heteroatoms. The van der Waals surface area contributed by atoms with Gasteiger partial charge in [0.1, 0.15) is 6.10 Å². The van der Waals surface area contributed by atoms with Crippen molar-refractivity contribution in [3.63, 3.8) is 0 Å². The van der Waals surface area contributed by atoms with E-state index in [2.05, 4.69) is 38.2 Å².